The van der Waals surface area contributed by atoms with Gasteiger partial charge in [-0.3, -0.25) is 9.69 Å². The van der Waals surface area contributed by atoms with Gasteiger partial charge in [0.15, 0.2) is 5.76 Å². The van der Waals surface area contributed by atoms with Crippen molar-refractivity contribution in [2.75, 3.05) is 52.6 Å². The normalized spacial score (nSPS) is 29.2. The minimum Gasteiger partial charge on any atom is -0.456 e. The first kappa shape index (κ1) is 17.1. The average Bonchev–Trinajstić information content (AvgIpc) is 3.18. The Morgan fingerprint density at radius 3 is 2.72 bits per heavy atom. The Morgan fingerprint density at radius 1 is 1.12 bits per heavy atom. The summed E-state index contributed by atoms with van der Waals surface area (Å²) in [6.45, 7) is 8.45. The number of hydrogen-bond acceptors (Lipinski definition) is 5. The maximum atomic E-state index is 12.8. The zero-order valence-electron chi connectivity index (χ0n) is 15.0. The van der Waals surface area contributed by atoms with Crippen LogP contribution in [0.5, 0.6) is 0 Å². The van der Waals surface area contributed by atoms with E-state index in [-0.39, 0.29) is 11.3 Å². The Hall–Kier alpha value is -1.37. The number of ether oxygens (including phenoxy) is 2. The molecule has 0 saturated carbocycles. The van der Waals surface area contributed by atoms with Gasteiger partial charge in [0.2, 0.25) is 0 Å². The Bertz CT molecular complexity index is 610. The molecule has 4 heterocycles. The molecule has 3 aliphatic heterocycles. The summed E-state index contributed by atoms with van der Waals surface area (Å²) in [4.78, 5) is 17.4. The largest absolute Gasteiger partial charge is 0.456 e. The molecule has 1 amide bonds. The highest BCUT2D eigenvalue weighted by atomic mass is 16.5. The van der Waals surface area contributed by atoms with Crippen LogP contribution in [-0.2, 0) is 9.47 Å². The van der Waals surface area contributed by atoms with Gasteiger partial charge in [-0.25, -0.2) is 0 Å². The minimum atomic E-state index is -0.0116. The van der Waals surface area contributed by atoms with Crippen LogP contribution in [-0.4, -0.2) is 74.4 Å². The smallest absolute Gasteiger partial charge is 0.289 e. The molecule has 0 aliphatic carbocycles. The molecule has 1 atom stereocenters. The van der Waals surface area contributed by atoms with E-state index in [9.17, 15) is 4.79 Å². The number of furan rings is 1. The lowest BCUT2D eigenvalue weighted by Crippen LogP contribution is -2.45. The molecule has 3 saturated heterocycles. The molecule has 6 nitrogen and oxygen atoms in total. The van der Waals surface area contributed by atoms with Crippen LogP contribution in [0.15, 0.2) is 16.5 Å². The molecule has 0 aromatic carbocycles. The summed E-state index contributed by atoms with van der Waals surface area (Å²) < 4.78 is 17.0. The van der Waals surface area contributed by atoms with Crippen molar-refractivity contribution in [3.05, 3.63) is 23.7 Å². The van der Waals surface area contributed by atoms with Crippen LogP contribution in [0.25, 0.3) is 0 Å². The molecule has 3 fully saturated rings. The first-order valence-corrected chi connectivity index (χ1v) is 9.41. The first-order chi connectivity index (χ1) is 12.2. The molecule has 1 aromatic heterocycles. The van der Waals surface area contributed by atoms with E-state index < -0.39 is 0 Å². The second-order valence-electron chi connectivity index (χ2n) is 7.75. The van der Waals surface area contributed by atoms with Gasteiger partial charge < -0.3 is 18.8 Å². The van der Waals surface area contributed by atoms with Gasteiger partial charge in [-0.1, -0.05) is 0 Å². The van der Waals surface area contributed by atoms with Gasteiger partial charge in [0.1, 0.15) is 5.76 Å². The van der Waals surface area contributed by atoms with Crippen LogP contribution in [0, 0.1) is 12.3 Å². The van der Waals surface area contributed by atoms with Gasteiger partial charge in [-0.2, -0.15) is 0 Å². The van der Waals surface area contributed by atoms with Crippen LogP contribution in [0.4, 0.5) is 0 Å². The summed E-state index contributed by atoms with van der Waals surface area (Å²) in [5, 5.41) is 0. The third-order valence-electron chi connectivity index (χ3n) is 5.85. The Morgan fingerprint density at radius 2 is 1.96 bits per heavy atom. The quantitative estimate of drug-likeness (QED) is 0.817. The summed E-state index contributed by atoms with van der Waals surface area (Å²) in [6.07, 6.45) is 3.32. The van der Waals surface area contributed by atoms with Gasteiger partial charge >= 0.3 is 0 Å². The molecule has 3 aliphatic rings. The van der Waals surface area contributed by atoms with E-state index in [1.165, 1.54) is 0 Å². The number of carbonyl (C=O) groups excluding carboxylic acids is 1. The molecule has 1 spiro atoms. The molecule has 1 aromatic rings. The zero-order valence-corrected chi connectivity index (χ0v) is 15.0. The number of carbonyl (C=O) groups is 1. The maximum absolute atomic E-state index is 12.8. The Balaban J connectivity index is 1.45. The second kappa shape index (κ2) is 7.09. The van der Waals surface area contributed by atoms with Crippen molar-refractivity contribution in [3.8, 4) is 0 Å². The van der Waals surface area contributed by atoms with Crippen molar-refractivity contribution < 1.29 is 18.7 Å². The van der Waals surface area contributed by atoms with E-state index in [1.807, 2.05) is 17.9 Å². The molecule has 0 bridgehead atoms. The molecule has 0 radical (unpaired) electrons. The van der Waals surface area contributed by atoms with Gasteiger partial charge in [-0.15, -0.1) is 0 Å². The summed E-state index contributed by atoms with van der Waals surface area (Å²) in [7, 11) is 0. The van der Waals surface area contributed by atoms with Crippen molar-refractivity contribution in [1.29, 1.82) is 0 Å². The highest BCUT2D eigenvalue weighted by molar-refractivity contribution is 5.91. The number of likely N-dealkylation sites (tertiary alicyclic amines) is 1. The fourth-order valence-corrected chi connectivity index (χ4v) is 4.45. The number of hydrogen-bond donors (Lipinski definition) is 0. The molecule has 138 valence electrons. The molecule has 6 heteroatoms. The second-order valence-corrected chi connectivity index (χ2v) is 7.75. The van der Waals surface area contributed by atoms with Crippen LogP contribution in [0.1, 0.15) is 35.6 Å². The number of nitrogens with zero attached hydrogens (tertiary/aromatic N) is 2. The molecular weight excluding hydrogens is 320 g/mol. The number of amides is 1. The minimum absolute atomic E-state index is 0.0116. The lowest BCUT2D eigenvalue weighted by molar-refractivity contribution is 0.0283. The van der Waals surface area contributed by atoms with Crippen LogP contribution in [0.3, 0.4) is 0 Å². The summed E-state index contributed by atoms with van der Waals surface area (Å²) >= 11 is 0. The van der Waals surface area contributed by atoms with Crippen molar-refractivity contribution in [2.45, 2.75) is 32.2 Å². The van der Waals surface area contributed by atoms with Gasteiger partial charge in [-0.05, 0) is 44.9 Å². The summed E-state index contributed by atoms with van der Waals surface area (Å²) in [5.74, 6) is 1.20. The number of aryl methyl sites for hydroxylation is 1. The van der Waals surface area contributed by atoms with Crippen molar-refractivity contribution in [3.63, 3.8) is 0 Å². The van der Waals surface area contributed by atoms with E-state index in [0.717, 1.165) is 64.5 Å². The molecule has 4 rings (SSSR count). The molecule has 25 heavy (non-hydrogen) atoms. The Labute approximate surface area is 149 Å². The van der Waals surface area contributed by atoms with E-state index in [0.29, 0.717) is 25.0 Å². The lowest BCUT2D eigenvalue weighted by Gasteiger charge is -2.35. The number of rotatable bonds is 2. The van der Waals surface area contributed by atoms with Crippen LogP contribution < -0.4 is 0 Å². The third-order valence-corrected chi connectivity index (χ3v) is 5.85. The van der Waals surface area contributed by atoms with Gasteiger partial charge in [0.25, 0.3) is 5.91 Å². The average molecular weight is 348 g/mol. The first-order valence-electron chi connectivity index (χ1n) is 9.41. The monoisotopic (exact) mass is 348 g/mol. The highest BCUT2D eigenvalue weighted by Gasteiger charge is 2.44. The zero-order chi connectivity index (χ0) is 17.3. The predicted octanol–water partition coefficient (Wildman–Crippen LogP) is 1.93. The standard InChI is InChI=1S/C19H28N2O4/c1-15-2-3-17(25-15)18(22)21-8-11-24-14-19(13-21)6-7-20(12-19)16-4-9-23-10-5-16/h2-3,16H,4-14H2,1H3. The topological polar surface area (TPSA) is 55.2 Å². The molecular formula is C19H28N2O4. The molecule has 0 N–H and O–H groups in total. The van der Waals surface area contributed by atoms with Gasteiger partial charge in [0.05, 0.1) is 13.2 Å². The van der Waals surface area contributed by atoms with Crippen molar-refractivity contribution in [2.24, 2.45) is 5.41 Å². The van der Waals surface area contributed by atoms with Crippen LogP contribution in [0.2, 0.25) is 0 Å². The predicted molar refractivity (Wildman–Crippen MR) is 92.6 cm³/mol. The fourth-order valence-electron chi connectivity index (χ4n) is 4.45. The highest BCUT2D eigenvalue weighted by Crippen LogP contribution is 2.36. The van der Waals surface area contributed by atoms with E-state index in [4.69, 9.17) is 13.9 Å². The van der Waals surface area contributed by atoms with Crippen LogP contribution >= 0.6 is 0 Å². The van der Waals surface area contributed by atoms with E-state index in [2.05, 4.69) is 4.90 Å². The third kappa shape index (κ3) is 3.61. The van der Waals surface area contributed by atoms with Crippen molar-refractivity contribution >= 4 is 5.91 Å². The fraction of sp³-hybridized carbons (Fsp3) is 0.737. The van der Waals surface area contributed by atoms with Gasteiger partial charge in [0, 0.05) is 44.3 Å². The Kier molecular flexibility index (Phi) is 4.84. The van der Waals surface area contributed by atoms with E-state index in [1.54, 1.807) is 6.07 Å². The van der Waals surface area contributed by atoms with Crippen molar-refractivity contribution in [1.82, 2.24) is 9.80 Å². The SMILES string of the molecule is Cc1ccc(C(=O)N2CCOCC3(CCN(C4CCOCC4)C3)C2)o1. The lowest BCUT2D eigenvalue weighted by atomic mass is 9.87. The summed E-state index contributed by atoms with van der Waals surface area (Å²) in [5.41, 5.74) is 0.0477. The maximum Gasteiger partial charge on any atom is 0.289 e. The summed E-state index contributed by atoms with van der Waals surface area (Å²) in [6, 6.07) is 4.24. The molecule has 1 unspecified atom stereocenters. The van der Waals surface area contributed by atoms with E-state index >= 15 is 0 Å².